The van der Waals surface area contributed by atoms with Crippen LogP contribution in [0.2, 0.25) is 5.02 Å². The van der Waals surface area contributed by atoms with Crippen molar-refractivity contribution in [1.82, 2.24) is 10.2 Å². The monoisotopic (exact) mass is 383 g/mol. The van der Waals surface area contributed by atoms with Crippen molar-refractivity contribution in [3.63, 3.8) is 0 Å². The van der Waals surface area contributed by atoms with Gasteiger partial charge in [-0.2, -0.15) is 0 Å². The number of likely N-dealkylation sites (N-methyl/N-ethyl adjacent to an activating group) is 1. The summed E-state index contributed by atoms with van der Waals surface area (Å²) in [4.78, 5) is 26.0. The van der Waals surface area contributed by atoms with E-state index in [1.165, 1.54) is 0 Å². The maximum atomic E-state index is 12.4. The van der Waals surface area contributed by atoms with E-state index in [2.05, 4.69) is 10.6 Å². The van der Waals surface area contributed by atoms with Crippen molar-refractivity contribution in [2.75, 3.05) is 38.2 Å². The third-order valence-electron chi connectivity index (χ3n) is 4.27. The van der Waals surface area contributed by atoms with Crippen molar-refractivity contribution in [2.45, 2.75) is 32.9 Å². The average Bonchev–Trinajstić information content (AvgIpc) is 2.62. The number of amides is 2. The molecule has 0 aromatic heterocycles. The van der Waals surface area contributed by atoms with Crippen LogP contribution < -0.4 is 15.4 Å². The highest BCUT2D eigenvalue weighted by molar-refractivity contribution is 6.32. The van der Waals surface area contributed by atoms with E-state index >= 15 is 0 Å². The fraction of sp³-hybridized carbons (Fsp3) is 0.556. The Hall–Kier alpha value is -1.83. The predicted molar refractivity (Wildman–Crippen MR) is 101 cm³/mol. The Balaban J connectivity index is 1.94. The second kappa shape index (κ2) is 9.75. The van der Waals surface area contributed by atoms with Gasteiger partial charge in [-0.3, -0.25) is 9.59 Å². The Morgan fingerprint density at radius 2 is 2.12 bits per heavy atom. The number of carbonyl (C=O) groups excluding carboxylic acids is 2. The van der Waals surface area contributed by atoms with Crippen LogP contribution in [0.4, 0.5) is 5.69 Å². The van der Waals surface area contributed by atoms with Crippen molar-refractivity contribution < 1.29 is 19.1 Å². The normalized spacial score (nSPS) is 19.7. The molecule has 2 atom stereocenters. The summed E-state index contributed by atoms with van der Waals surface area (Å²) in [6.45, 7) is 8.11. The van der Waals surface area contributed by atoms with E-state index < -0.39 is 6.04 Å². The number of nitrogens with zero attached hydrogens (tertiary/aromatic N) is 1. The maximum absolute atomic E-state index is 12.4. The number of halogens is 1. The molecule has 0 radical (unpaired) electrons. The highest BCUT2D eigenvalue weighted by Crippen LogP contribution is 2.28. The zero-order valence-electron chi connectivity index (χ0n) is 15.4. The van der Waals surface area contributed by atoms with Crippen molar-refractivity contribution >= 4 is 29.1 Å². The van der Waals surface area contributed by atoms with Gasteiger partial charge in [-0.05, 0) is 39.0 Å². The molecule has 8 heteroatoms. The van der Waals surface area contributed by atoms with E-state index in [9.17, 15) is 9.59 Å². The van der Waals surface area contributed by atoms with Gasteiger partial charge < -0.3 is 25.0 Å². The molecule has 0 unspecified atom stereocenters. The van der Waals surface area contributed by atoms with Gasteiger partial charge in [-0.25, -0.2) is 0 Å². The van der Waals surface area contributed by atoms with Crippen LogP contribution in [-0.2, 0) is 14.3 Å². The lowest BCUT2D eigenvalue weighted by Crippen LogP contribution is -2.53. The smallest absolute Gasteiger partial charge is 0.260 e. The number of rotatable bonds is 7. The molecule has 0 bridgehead atoms. The molecule has 26 heavy (non-hydrogen) atoms. The lowest BCUT2D eigenvalue weighted by atomic mass is 10.1. The molecule has 1 aromatic carbocycles. The van der Waals surface area contributed by atoms with Gasteiger partial charge in [-0.1, -0.05) is 11.6 Å². The summed E-state index contributed by atoms with van der Waals surface area (Å²) in [5.74, 6) is 0.122. The highest BCUT2D eigenvalue weighted by Gasteiger charge is 2.28. The van der Waals surface area contributed by atoms with Gasteiger partial charge in [0.05, 0.1) is 17.7 Å². The molecule has 144 valence electrons. The van der Waals surface area contributed by atoms with Crippen LogP contribution in [0.5, 0.6) is 5.75 Å². The fourth-order valence-corrected chi connectivity index (χ4v) is 2.99. The first-order valence-corrected chi connectivity index (χ1v) is 9.20. The van der Waals surface area contributed by atoms with Gasteiger partial charge in [0, 0.05) is 25.3 Å². The van der Waals surface area contributed by atoms with Crippen LogP contribution in [0.15, 0.2) is 18.2 Å². The molecule has 0 saturated carbocycles. The number of morpholine rings is 1. The Morgan fingerprint density at radius 3 is 2.73 bits per heavy atom. The number of anilines is 1. The lowest BCUT2D eigenvalue weighted by molar-refractivity contribution is -0.133. The van der Waals surface area contributed by atoms with E-state index in [0.717, 1.165) is 0 Å². The summed E-state index contributed by atoms with van der Waals surface area (Å²) in [5, 5.41) is 6.28. The van der Waals surface area contributed by atoms with Gasteiger partial charge >= 0.3 is 0 Å². The molecule has 1 heterocycles. The van der Waals surface area contributed by atoms with Gasteiger partial charge in [0.2, 0.25) is 5.91 Å². The van der Waals surface area contributed by atoms with Gasteiger partial charge in [0.25, 0.3) is 5.91 Å². The Morgan fingerprint density at radius 1 is 1.38 bits per heavy atom. The second-order valence-electron chi connectivity index (χ2n) is 6.00. The Labute approximate surface area is 159 Å². The van der Waals surface area contributed by atoms with Crippen molar-refractivity contribution in [1.29, 1.82) is 0 Å². The van der Waals surface area contributed by atoms with Gasteiger partial charge in [-0.15, -0.1) is 0 Å². The first-order chi connectivity index (χ1) is 12.5. The maximum Gasteiger partial charge on any atom is 0.260 e. The zero-order valence-corrected chi connectivity index (χ0v) is 16.1. The molecule has 2 amide bonds. The zero-order chi connectivity index (χ0) is 19.1. The first kappa shape index (κ1) is 20.5. The molecule has 1 aromatic rings. The first-order valence-electron chi connectivity index (χ1n) is 8.82. The topological polar surface area (TPSA) is 79.9 Å². The molecule has 1 aliphatic rings. The van der Waals surface area contributed by atoms with E-state index in [1.807, 2.05) is 20.8 Å². The third kappa shape index (κ3) is 5.33. The highest BCUT2D eigenvalue weighted by atomic mass is 35.5. The van der Waals surface area contributed by atoms with E-state index in [0.29, 0.717) is 42.7 Å². The number of nitrogens with one attached hydrogen (secondary N) is 2. The largest absolute Gasteiger partial charge is 0.482 e. The average molecular weight is 384 g/mol. The predicted octanol–water partition coefficient (Wildman–Crippen LogP) is 1.90. The van der Waals surface area contributed by atoms with Crippen LogP contribution in [0.3, 0.4) is 0 Å². The molecule has 1 fully saturated rings. The number of hydrogen-bond donors (Lipinski definition) is 2. The molecular weight excluding hydrogens is 358 g/mol. The minimum Gasteiger partial charge on any atom is -0.482 e. The quantitative estimate of drug-likeness (QED) is 0.751. The molecule has 1 aliphatic heterocycles. The SMILES string of the molecule is CCN(CC)C(=O)COc1ccc(NC(=O)[C@H]2NCCO[C@@H]2C)cc1Cl. The molecule has 0 spiro atoms. The number of carbonyl (C=O) groups is 2. The van der Waals surface area contributed by atoms with Crippen molar-refractivity contribution in [2.24, 2.45) is 0 Å². The van der Waals surface area contributed by atoms with Gasteiger partial charge in [0.15, 0.2) is 6.61 Å². The van der Waals surface area contributed by atoms with Crippen LogP contribution in [0.1, 0.15) is 20.8 Å². The van der Waals surface area contributed by atoms with Crippen molar-refractivity contribution in [3.8, 4) is 5.75 Å². The van der Waals surface area contributed by atoms with Crippen molar-refractivity contribution in [3.05, 3.63) is 23.2 Å². The fourth-order valence-electron chi connectivity index (χ4n) is 2.75. The summed E-state index contributed by atoms with van der Waals surface area (Å²) in [6, 6.07) is 4.52. The molecule has 2 N–H and O–H groups in total. The summed E-state index contributed by atoms with van der Waals surface area (Å²) >= 11 is 6.22. The van der Waals surface area contributed by atoms with Crippen LogP contribution >= 0.6 is 11.6 Å². The molecule has 0 aliphatic carbocycles. The minimum atomic E-state index is -0.412. The van der Waals surface area contributed by atoms with E-state index in [-0.39, 0.29) is 24.5 Å². The van der Waals surface area contributed by atoms with Crippen LogP contribution in [0, 0.1) is 0 Å². The molecular formula is C18H26ClN3O4. The third-order valence-corrected chi connectivity index (χ3v) is 4.56. The van der Waals surface area contributed by atoms with Gasteiger partial charge in [0.1, 0.15) is 11.8 Å². The number of ether oxygens (including phenoxy) is 2. The lowest BCUT2D eigenvalue weighted by Gasteiger charge is -2.29. The summed E-state index contributed by atoms with van der Waals surface area (Å²) in [7, 11) is 0. The summed E-state index contributed by atoms with van der Waals surface area (Å²) < 4.78 is 11.0. The molecule has 7 nitrogen and oxygen atoms in total. The van der Waals surface area contributed by atoms with E-state index in [4.69, 9.17) is 21.1 Å². The van der Waals surface area contributed by atoms with E-state index in [1.54, 1.807) is 23.1 Å². The summed E-state index contributed by atoms with van der Waals surface area (Å²) in [5.41, 5.74) is 0.557. The Kier molecular flexibility index (Phi) is 7.68. The second-order valence-corrected chi connectivity index (χ2v) is 6.40. The molecule has 1 saturated heterocycles. The summed E-state index contributed by atoms with van der Waals surface area (Å²) in [6.07, 6.45) is -0.201. The molecule has 2 rings (SSSR count). The van der Waals surface area contributed by atoms with Crippen LogP contribution in [0.25, 0.3) is 0 Å². The number of hydrogen-bond acceptors (Lipinski definition) is 5. The standard InChI is InChI=1S/C18H26ClN3O4/c1-4-22(5-2)16(23)11-26-15-7-6-13(10-14(15)19)21-18(24)17-12(3)25-9-8-20-17/h6-7,10,12,17,20H,4-5,8-9,11H2,1-3H3,(H,21,24)/t12-,17+/m1/s1. The minimum absolute atomic E-state index is 0.0754. The van der Waals surface area contributed by atoms with Crippen LogP contribution in [-0.4, -0.2) is 61.7 Å². The number of benzene rings is 1. The Bertz CT molecular complexity index is 637.